The molecule has 5 heteroatoms. The van der Waals surface area contributed by atoms with E-state index in [1.165, 1.54) is 0 Å². The molecule has 0 saturated heterocycles. The molecule has 0 aliphatic carbocycles. The Morgan fingerprint density at radius 2 is 2.25 bits per heavy atom. The third kappa shape index (κ3) is 2.18. The van der Waals surface area contributed by atoms with Crippen molar-refractivity contribution < 1.29 is 4.74 Å². The molecule has 16 heavy (non-hydrogen) atoms. The highest BCUT2D eigenvalue weighted by molar-refractivity contribution is 5.79. The van der Waals surface area contributed by atoms with Gasteiger partial charge in [-0.3, -0.25) is 0 Å². The van der Waals surface area contributed by atoms with Gasteiger partial charge in [0, 0.05) is 6.20 Å². The summed E-state index contributed by atoms with van der Waals surface area (Å²) in [5.41, 5.74) is 6.97. The minimum Gasteiger partial charge on any atom is -0.476 e. The summed E-state index contributed by atoms with van der Waals surface area (Å²) in [5.74, 6) is 0.684. The molecule has 2 N–H and O–H groups in total. The van der Waals surface area contributed by atoms with E-state index in [9.17, 15) is 0 Å². The van der Waals surface area contributed by atoms with Crippen LogP contribution in [0.4, 0.5) is 5.95 Å². The molecule has 2 heterocycles. The average Bonchev–Trinajstić information content (AvgIpc) is 2.29. The van der Waals surface area contributed by atoms with E-state index in [4.69, 9.17) is 10.5 Å². The van der Waals surface area contributed by atoms with Crippen molar-refractivity contribution in [3.63, 3.8) is 0 Å². The summed E-state index contributed by atoms with van der Waals surface area (Å²) in [4.78, 5) is 12.3. The van der Waals surface area contributed by atoms with Gasteiger partial charge in [-0.05, 0) is 18.6 Å². The first-order valence-corrected chi connectivity index (χ1v) is 5.32. The van der Waals surface area contributed by atoms with Gasteiger partial charge >= 0.3 is 0 Å². The molecule has 0 fully saturated rings. The van der Waals surface area contributed by atoms with Gasteiger partial charge in [-0.15, -0.1) is 0 Å². The normalized spacial score (nSPS) is 10.6. The van der Waals surface area contributed by atoms with Gasteiger partial charge in [0.1, 0.15) is 0 Å². The molecule has 2 aromatic heterocycles. The van der Waals surface area contributed by atoms with Crippen LogP contribution in [0.5, 0.6) is 5.88 Å². The number of unbranched alkanes of at least 4 members (excludes halogenated alkanes) is 1. The lowest BCUT2D eigenvalue weighted by Crippen LogP contribution is -2.04. The van der Waals surface area contributed by atoms with Gasteiger partial charge in [0.15, 0.2) is 5.52 Å². The topological polar surface area (TPSA) is 73.9 Å². The van der Waals surface area contributed by atoms with E-state index in [1.54, 1.807) is 6.20 Å². The number of aromatic nitrogens is 3. The van der Waals surface area contributed by atoms with Crippen LogP contribution in [0, 0.1) is 0 Å². The predicted octanol–water partition coefficient (Wildman–Crippen LogP) is 1.79. The third-order valence-corrected chi connectivity index (χ3v) is 2.18. The second-order valence-corrected chi connectivity index (χ2v) is 3.46. The summed E-state index contributed by atoms with van der Waals surface area (Å²) in [6, 6.07) is 3.65. The summed E-state index contributed by atoms with van der Waals surface area (Å²) in [7, 11) is 0. The number of nitrogen functional groups attached to an aromatic ring is 1. The molecule has 5 nitrogen and oxygen atoms in total. The van der Waals surface area contributed by atoms with Gasteiger partial charge in [-0.25, -0.2) is 9.97 Å². The van der Waals surface area contributed by atoms with Crippen molar-refractivity contribution in [1.29, 1.82) is 0 Å². The van der Waals surface area contributed by atoms with Crippen LogP contribution in [0.25, 0.3) is 11.0 Å². The first-order valence-electron chi connectivity index (χ1n) is 5.32. The van der Waals surface area contributed by atoms with Crippen LogP contribution in [0.3, 0.4) is 0 Å². The monoisotopic (exact) mass is 218 g/mol. The fourth-order valence-electron chi connectivity index (χ4n) is 1.37. The molecule has 84 valence electrons. The molecule has 0 atom stereocenters. The van der Waals surface area contributed by atoms with Gasteiger partial charge in [0.2, 0.25) is 11.8 Å². The van der Waals surface area contributed by atoms with Crippen molar-refractivity contribution in [3.8, 4) is 5.88 Å². The highest BCUT2D eigenvalue weighted by atomic mass is 16.5. The van der Waals surface area contributed by atoms with E-state index in [2.05, 4.69) is 21.9 Å². The van der Waals surface area contributed by atoms with Crippen molar-refractivity contribution in [2.24, 2.45) is 0 Å². The first-order chi connectivity index (χ1) is 7.81. The lowest BCUT2D eigenvalue weighted by molar-refractivity contribution is 0.301. The summed E-state index contributed by atoms with van der Waals surface area (Å²) in [6.45, 7) is 2.73. The van der Waals surface area contributed by atoms with Gasteiger partial charge < -0.3 is 10.5 Å². The summed E-state index contributed by atoms with van der Waals surface area (Å²) < 4.78 is 5.55. The van der Waals surface area contributed by atoms with Crippen LogP contribution in [0.2, 0.25) is 0 Å². The zero-order valence-electron chi connectivity index (χ0n) is 9.18. The van der Waals surface area contributed by atoms with E-state index in [-0.39, 0.29) is 5.95 Å². The quantitative estimate of drug-likeness (QED) is 0.792. The Bertz CT molecular complexity index is 486. The maximum absolute atomic E-state index is 5.60. The number of hydrogen-bond donors (Lipinski definition) is 1. The van der Waals surface area contributed by atoms with Crippen molar-refractivity contribution in [3.05, 3.63) is 18.3 Å². The van der Waals surface area contributed by atoms with Gasteiger partial charge in [-0.1, -0.05) is 13.3 Å². The predicted molar refractivity (Wildman–Crippen MR) is 62.1 cm³/mol. The van der Waals surface area contributed by atoms with Crippen LogP contribution in [-0.2, 0) is 0 Å². The Labute approximate surface area is 93.7 Å². The van der Waals surface area contributed by atoms with Crippen LogP contribution >= 0.6 is 0 Å². The largest absolute Gasteiger partial charge is 0.476 e. The number of nitrogens with two attached hydrogens (primary N) is 1. The highest BCUT2D eigenvalue weighted by Crippen LogP contribution is 2.20. The molecule has 0 aromatic carbocycles. The second-order valence-electron chi connectivity index (χ2n) is 3.46. The minimum absolute atomic E-state index is 0.215. The molecule has 0 saturated carbocycles. The standard InChI is InChI=1S/C11H14N4O/c1-2-3-7-16-10-9-8(5-4-6-13-9)14-11(12)15-10/h4-6H,2-3,7H2,1H3,(H2,12,14,15). The van der Waals surface area contributed by atoms with Gasteiger partial charge in [0.25, 0.3) is 0 Å². The summed E-state index contributed by atoms with van der Waals surface area (Å²) >= 11 is 0. The zero-order chi connectivity index (χ0) is 11.4. The van der Waals surface area contributed by atoms with Crippen molar-refractivity contribution in [2.75, 3.05) is 12.3 Å². The fraction of sp³-hybridized carbons (Fsp3) is 0.364. The maximum Gasteiger partial charge on any atom is 0.245 e. The van der Waals surface area contributed by atoms with E-state index in [0.29, 0.717) is 23.5 Å². The molecule has 0 amide bonds. The minimum atomic E-state index is 0.215. The molecule has 2 rings (SSSR count). The Hall–Kier alpha value is -1.91. The molecule has 0 aliphatic rings. The highest BCUT2D eigenvalue weighted by Gasteiger charge is 2.07. The third-order valence-electron chi connectivity index (χ3n) is 2.18. The van der Waals surface area contributed by atoms with Crippen LogP contribution in [0.15, 0.2) is 18.3 Å². The van der Waals surface area contributed by atoms with Gasteiger partial charge in [-0.2, -0.15) is 4.98 Å². The van der Waals surface area contributed by atoms with Crippen molar-refractivity contribution in [1.82, 2.24) is 15.0 Å². The summed E-state index contributed by atoms with van der Waals surface area (Å²) in [5, 5.41) is 0. The number of fused-ring (bicyclic) bond motifs is 1. The number of rotatable bonds is 4. The zero-order valence-corrected chi connectivity index (χ0v) is 9.18. The van der Waals surface area contributed by atoms with Crippen LogP contribution in [0.1, 0.15) is 19.8 Å². The molecule has 0 unspecified atom stereocenters. The molecule has 0 radical (unpaired) electrons. The summed E-state index contributed by atoms with van der Waals surface area (Å²) in [6.07, 6.45) is 3.75. The van der Waals surface area contributed by atoms with Crippen molar-refractivity contribution >= 4 is 17.0 Å². The van der Waals surface area contributed by atoms with E-state index in [1.807, 2.05) is 12.1 Å². The maximum atomic E-state index is 5.60. The Kier molecular flexibility index (Phi) is 3.14. The van der Waals surface area contributed by atoms with Crippen molar-refractivity contribution in [2.45, 2.75) is 19.8 Å². The number of ether oxygens (including phenoxy) is 1. The van der Waals surface area contributed by atoms with Crippen LogP contribution < -0.4 is 10.5 Å². The fourth-order valence-corrected chi connectivity index (χ4v) is 1.37. The Balaban J connectivity index is 2.34. The molecular formula is C11H14N4O. The number of nitrogens with zero attached hydrogens (tertiary/aromatic N) is 3. The lowest BCUT2D eigenvalue weighted by atomic mass is 10.3. The molecule has 0 bridgehead atoms. The van der Waals surface area contributed by atoms with E-state index in [0.717, 1.165) is 12.8 Å². The SMILES string of the molecule is CCCCOc1nc(N)nc2cccnc12. The van der Waals surface area contributed by atoms with Gasteiger partial charge in [0.05, 0.1) is 12.1 Å². The number of hydrogen-bond acceptors (Lipinski definition) is 5. The van der Waals surface area contributed by atoms with E-state index >= 15 is 0 Å². The first kappa shape index (κ1) is 10.6. The molecule has 0 aliphatic heterocycles. The molecular weight excluding hydrogens is 204 g/mol. The molecule has 2 aromatic rings. The number of anilines is 1. The average molecular weight is 218 g/mol. The Morgan fingerprint density at radius 1 is 1.38 bits per heavy atom. The van der Waals surface area contributed by atoms with E-state index < -0.39 is 0 Å². The van der Waals surface area contributed by atoms with Crippen LogP contribution in [-0.4, -0.2) is 21.6 Å². The Morgan fingerprint density at radius 3 is 3.06 bits per heavy atom. The lowest BCUT2D eigenvalue weighted by Gasteiger charge is -2.06. The second kappa shape index (κ2) is 4.74. The number of pyridine rings is 1. The molecule has 0 spiro atoms. The smallest absolute Gasteiger partial charge is 0.245 e.